The number of hydrazone groups is 1. The predicted molar refractivity (Wildman–Crippen MR) is 166 cm³/mol. The van der Waals surface area contributed by atoms with Crippen LogP contribution < -0.4 is 25.3 Å². The quantitative estimate of drug-likeness (QED) is 0.245. The Morgan fingerprint density at radius 2 is 1.63 bits per heavy atom. The highest BCUT2D eigenvalue weighted by atomic mass is 16.5. The summed E-state index contributed by atoms with van der Waals surface area (Å²) in [5.74, 6) is -0.242. The molecule has 0 aliphatic carbocycles. The van der Waals surface area contributed by atoms with Crippen molar-refractivity contribution in [2.24, 2.45) is 5.10 Å². The maximum absolute atomic E-state index is 14.5. The molecule has 0 aromatic heterocycles. The first-order valence-electron chi connectivity index (χ1n) is 14.0. The second-order valence-corrected chi connectivity index (χ2v) is 9.77. The van der Waals surface area contributed by atoms with Gasteiger partial charge in [-0.3, -0.25) is 9.59 Å². The molecule has 0 spiro atoms. The van der Waals surface area contributed by atoms with Gasteiger partial charge in [0.25, 0.3) is 0 Å². The number of hydrogen-bond donors (Lipinski definition) is 2. The largest absolute Gasteiger partial charge is 0.492 e. The first kappa shape index (κ1) is 27.7. The number of carbonyl (C=O) groups excluding carboxylic acids is 2. The molecule has 210 valence electrons. The van der Waals surface area contributed by atoms with Gasteiger partial charge < -0.3 is 20.3 Å². The Hall–Kier alpha value is -4.85. The number of anilines is 3. The zero-order valence-corrected chi connectivity index (χ0v) is 23.8. The highest BCUT2D eigenvalue weighted by Crippen LogP contribution is 2.37. The lowest BCUT2D eigenvalue weighted by Crippen LogP contribution is -2.64. The zero-order valence-electron chi connectivity index (χ0n) is 23.8. The second kappa shape index (κ2) is 11.7. The lowest BCUT2D eigenvalue weighted by atomic mass is 9.91. The molecule has 0 saturated carbocycles. The molecule has 4 aromatic carbocycles. The van der Waals surface area contributed by atoms with Crippen LogP contribution in [0.25, 0.3) is 10.8 Å². The molecular weight excluding hydrogens is 514 g/mol. The number of carbonyl (C=O) groups is 2. The van der Waals surface area contributed by atoms with E-state index >= 15 is 0 Å². The van der Waals surface area contributed by atoms with E-state index in [0.717, 1.165) is 35.1 Å². The number of benzene rings is 4. The molecular formula is C33H35N5O3. The van der Waals surface area contributed by atoms with Crippen molar-refractivity contribution in [1.82, 2.24) is 5.32 Å². The molecule has 41 heavy (non-hydrogen) atoms. The summed E-state index contributed by atoms with van der Waals surface area (Å²) in [6.07, 6.45) is 0. The van der Waals surface area contributed by atoms with Gasteiger partial charge in [0.2, 0.25) is 11.6 Å². The van der Waals surface area contributed by atoms with Crippen LogP contribution in [0, 0.1) is 0 Å². The Kier molecular flexibility index (Phi) is 7.92. The average molecular weight is 550 g/mol. The number of rotatable bonds is 10. The highest BCUT2D eigenvalue weighted by Gasteiger charge is 2.54. The minimum atomic E-state index is -1.71. The van der Waals surface area contributed by atoms with Gasteiger partial charge in [-0.2, -0.15) is 10.1 Å². The fraction of sp³-hybridized carbons (Fsp3) is 0.242. The van der Waals surface area contributed by atoms with Crippen molar-refractivity contribution in [3.8, 4) is 5.75 Å². The van der Waals surface area contributed by atoms with Gasteiger partial charge in [-0.25, -0.2) is 0 Å². The number of nitrogens with zero attached hydrogens (tertiary/aromatic N) is 3. The van der Waals surface area contributed by atoms with Crippen LogP contribution >= 0.6 is 0 Å². The van der Waals surface area contributed by atoms with Gasteiger partial charge >= 0.3 is 5.91 Å². The summed E-state index contributed by atoms with van der Waals surface area (Å²) in [5, 5.41) is 14.5. The number of fused-ring (bicyclic) bond motifs is 1. The van der Waals surface area contributed by atoms with Gasteiger partial charge in [0.1, 0.15) is 11.5 Å². The molecule has 0 bridgehead atoms. The van der Waals surface area contributed by atoms with Crippen molar-refractivity contribution in [3.05, 3.63) is 96.6 Å². The molecule has 1 aliphatic rings. The average Bonchev–Trinajstić information content (AvgIpc) is 3.25. The Labute approximate surface area is 240 Å². The van der Waals surface area contributed by atoms with Crippen molar-refractivity contribution in [2.75, 3.05) is 34.9 Å². The van der Waals surface area contributed by atoms with Crippen molar-refractivity contribution in [2.45, 2.75) is 33.4 Å². The van der Waals surface area contributed by atoms with Crippen LogP contribution in [-0.2, 0) is 9.59 Å². The molecule has 8 nitrogen and oxygen atoms in total. The Morgan fingerprint density at radius 1 is 0.927 bits per heavy atom. The molecule has 1 unspecified atom stereocenters. The SMILES string of the molecule is CCOc1cc(N(CC)CC)ccc1NC1(NC(C)=O)C(=O)N(c2ccccc2)N=C1c1cccc2ccccc12. The van der Waals surface area contributed by atoms with Crippen LogP contribution in [-0.4, -0.2) is 42.9 Å². The van der Waals surface area contributed by atoms with Crippen molar-refractivity contribution >= 4 is 45.4 Å². The minimum Gasteiger partial charge on any atom is -0.492 e. The van der Waals surface area contributed by atoms with Crippen LogP contribution in [0.2, 0.25) is 0 Å². The fourth-order valence-electron chi connectivity index (χ4n) is 5.31. The van der Waals surface area contributed by atoms with E-state index in [1.54, 1.807) is 0 Å². The van der Waals surface area contributed by atoms with Crippen molar-refractivity contribution < 1.29 is 14.3 Å². The third-order valence-electron chi connectivity index (χ3n) is 7.19. The summed E-state index contributed by atoms with van der Waals surface area (Å²) in [5.41, 5.74) is 1.56. The van der Waals surface area contributed by atoms with Gasteiger partial charge in [0, 0.05) is 37.3 Å². The van der Waals surface area contributed by atoms with E-state index in [1.807, 2.05) is 97.9 Å². The predicted octanol–water partition coefficient (Wildman–Crippen LogP) is 5.78. The van der Waals surface area contributed by atoms with E-state index in [0.29, 0.717) is 29.4 Å². The van der Waals surface area contributed by atoms with Crippen molar-refractivity contribution in [3.63, 3.8) is 0 Å². The lowest BCUT2D eigenvalue weighted by molar-refractivity contribution is -0.127. The van der Waals surface area contributed by atoms with Crippen LogP contribution in [0.4, 0.5) is 17.1 Å². The van der Waals surface area contributed by atoms with Crippen molar-refractivity contribution in [1.29, 1.82) is 0 Å². The van der Waals surface area contributed by atoms with Crippen LogP contribution in [0.1, 0.15) is 33.3 Å². The summed E-state index contributed by atoms with van der Waals surface area (Å²) in [6.45, 7) is 9.63. The van der Waals surface area contributed by atoms with E-state index in [-0.39, 0.29) is 5.91 Å². The van der Waals surface area contributed by atoms with Gasteiger partial charge in [-0.15, -0.1) is 0 Å². The summed E-state index contributed by atoms with van der Waals surface area (Å²) in [7, 11) is 0. The van der Waals surface area contributed by atoms with Crippen LogP contribution in [0.15, 0.2) is 96.1 Å². The molecule has 0 fully saturated rings. The topological polar surface area (TPSA) is 86.3 Å². The molecule has 8 heteroatoms. The molecule has 1 heterocycles. The maximum Gasteiger partial charge on any atom is 0.300 e. The molecule has 2 N–H and O–H groups in total. The minimum absolute atomic E-state index is 0.383. The van der Waals surface area contributed by atoms with Crippen LogP contribution in [0.3, 0.4) is 0 Å². The fourth-order valence-corrected chi connectivity index (χ4v) is 5.31. The lowest BCUT2D eigenvalue weighted by Gasteiger charge is -2.33. The Balaban J connectivity index is 1.72. The summed E-state index contributed by atoms with van der Waals surface area (Å²) >= 11 is 0. The number of hydrogen-bond acceptors (Lipinski definition) is 6. The maximum atomic E-state index is 14.5. The molecule has 1 aliphatic heterocycles. The van der Waals surface area contributed by atoms with E-state index in [1.165, 1.54) is 11.9 Å². The summed E-state index contributed by atoms with van der Waals surface area (Å²) in [6, 6.07) is 28.8. The number of para-hydroxylation sites is 1. The molecule has 5 rings (SSSR count). The second-order valence-electron chi connectivity index (χ2n) is 9.77. The standard InChI is InChI=1S/C33H35N5O3/c1-5-37(6-2)26-20-21-29(30(22-26)41-7-3)35-33(34-23(4)39)31(28-19-13-15-24-14-11-12-18-27(24)28)36-38(32(33)40)25-16-9-8-10-17-25/h8-22,35H,5-7H2,1-4H3,(H,34,39). The van der Waals surface area contributed by atoms with Gasteiger partial charge in [0.15, 0.2) is 0 Å². The molecule has 4 aromatic rings. The summed E-state index contributed by atoms with van der Waals surface area (Å²) < 4.78 is 6.07. The van der Waals surface area contributed by atoms with E-state index in [2.05, 4.69) is 29.4 Å². The first-order valence-corrected chi connectivity index (χ1v) is 14.0. The monoisotopic (exact) mass is 549 g/mol. The summed E-state index contributed by atoms with van der Waals surface area (Å²) in [4.78, 5) is 29.6. The number of nitrogens with one attached hydrogen (secondary N) is 2. The molecule has 1 atom stereocenters. The van der Waals surface area contributed by atoms with E-state index in [4.69, 9.17) is 9.84 Å². The van der Waals surface area contributed by atoms with Gasteiger partial charge in [-0.05, 0) is 55.8 Å². The molecule has 0 saturated heterocycles. The van der Waals surface area contributed by atoms with Crippen LogP contribution in [0.5, 0.6) is 5.75 Å². The number of ether oxygens (including phenoxy) is 1. The smallest absolute Gasteiger partial charge is 0.300 e. The highest BCUT2D eigenvalue weighted by molar-refractivity contribution is 6.33. The van der Waals surface area contributed by atoms with Gasteiger partial charge in [0.05, 0.1) is 18.0 Å². The van der Waals surface area contributed by atoms with Gasteiger partial charge in [-0.1, -0.05) is 60.7 Å². The molecule has 2 amide bonds. The zero-order chi connectivity index (χ0) is 29.0. The van der Waals surface area contributed by atoms with E-state index < -0.39 is 11.6 Å². The normalized spacial score (nSPS) is 16.4. The molecule has 0 radical (unpaired) electrons. The Morgan fingerprint density at radius 3 is 2.34 bits per heavy atom. The van der Waals surface area contributed by atoms with E-state index in [9.17, 15) is 9.59 Å². The number of amides is 2. The third-order valence-corrected chi connectivity index (χ3v) is 7.19. The first-order chi connectivity index (χ1) is 19.9. The Bertz CT molecular complexity index is 1590. The third kappa shape index (κ3) is 5.20.